The molecule has 0 radical (unpaired) electrons. The second-order valence-corrected chi connectivity index (χ2v) is 25.8. The van der Waals surface area contributed by atoms with Gasteiger partial charge in [-0.3, -0.25) is 0 Å². The minimum absolute atomic E-state index is 0.149. The number of aryl methyl sites for hydroxylation is 3. The fraction of sp³-hybridized carbons (Fsp3) is 0.507. The molecule has 19 heteroatoms. The van der Waals surface area contributed by atoms with Crippen molar-refractivity contribution in [3.63, 3.8) is 0 Å². The largest absolute Gasteiger partial charge is 0.393 e. The van der Waals surface area contributed by atoms with E-state index in [0.717, 1.165) is 102 Å². The van der Waals surface area contributed by atoms with Crippen molar-refractivity contribution in [3.05, 3.63) is 140 Å². The molecule has 86 heavy (non-hydrogen) atoms. The summed E-state index contributed by atoms with van der Waals surface area (Å²) in [4.78, 5) is 26.4. The summed E-state index contributed by atoms with van der Waals surface area (Å²) in [6.45, 7) is 21.0. The van der Waals surface area contributed by atoms with Crippen LogP contribution in [-0.2, 0) is 25.7 Å². The Hall–Kier alpha value is -7.66. The third kappa shape index (κ3) is 19.2. The third-order valence-electron chi connectivity index (χ3n) is 17.1. The van der Waals surface area contributed by atoms with Crippen molar-refractivity contribution in [3.8, 4) is 18.2 Å². The maximum atomic E-state index is 10.2. The molecule has 0 saturated heterocycles. The Kier molecular flexibility index (Phi) is 23.4. The highest BCUT2D eigenvalue weighted by Gasteiger charge is 2.38. The Balaban J connectivity index is 0.000000185. The molecule has 3 fully saturated rings. The van der Waals surface area contributed by atoms with E-state index >= 15 is 0 Å². The number of rotatable bonds is 19. The Labute approximate surface area is 514 Å². The number of anilines is 6. The van der Waals surface area contributed by atoms with Crippen molar-refractivity contribution in [2.45, 2.75) is 182 Å². The second-order valence-electron chi connectivity index (χ2n) is 25.3. The summed E-state index contributed by atoms with van der Waals surface area (Å²) in [7, 11) is 0. The first-order valence-corrected chi connectivity index (χ1v) is 30.7. The zero-order chi connectivity index (χ0) is 62.0. The van der Waals surface area contributed by atoms with Crippen LogP contribution >= 0.6 is 11.6 Å². The molecule has 3 aliphatic rings. The van der Waals surface area contributed by atoms with Crippen molar-refractivity contribution in [1.29, 1.82) is 15.8 Å². The molecule has 0 spiro atoms. The summed E-state index contributed by atoms with van der Waals surface area (Å²) < 4.78 is 0. The van der Waals surface area contributed by atoms with Crippen molar-refractivity contribution in [2.24, 2.45) is 16.2 Å². The van der Waals surface area contributed by atoms with Gasteiger partial charge in [0.15, 0.2) is 0 Å². The Bertz CT molecular complexity index is 3300. The quantitative estimate of drug-likeness (QED) is 0.0364. The van der Waals surface area contributed by atoms with Crippen LogP contribution in [0.5, 0.6) is 0 Å². The number of aliphatic hydroxyl groups excluding tert-OH is 3. The molecule has 3 aromatic heterocycles. The molecule has 0 unspecified atom stereocenters. The van der Waals surface area contributed by atoms with E-state index in [1.807, 2.05) is 24.3 Å². The summed E-state index contributed by atoms with van der Waals surface area (Å²) in [6.07, 6.45) is 14.7. The zero-order valence-electron chi connectivity index (χ0n) is 51.6. The molecule has 3 heterocycles. The molecule has 6 atom stereocenters. The van der Waals surface area contributed by atoms with Gasteiger partial charge in [0, 0.05) is 42.8 Å². The van der Waals surface area contributed by atoms with Gasteiger partial charge < -0.3 is 47.2 Å². The number of halogens is 1. The van der Waals surface area contributed by atoms with Gasteiger partial charge in [0.1, 0.15) is 52.4 Å². The van der Waals surface area contributed by atoms with Crippen molar-refractivity contribution < 1.29 is 15.3 Å². The van der Waals surface area contributed by atoms with Crippen LogP contribution in [0.4, 0.5) is 35.3 Å². The SMILES string of the molecule is CC1(C)C[C@H](Nc2nc(NCCc3ccc(Cl)cc3)ncc2C#N)CC[C@@H]1O.CCc1ccc(CCNc2ncc(C#N)c(N[C@@H]3CC[C@H](O)C(C)(C)C3)n2)cc1.Cc1ccc(CCNc2ncc(C#N)c(N[C@@H]3CC[C@H](O)C(C)(C)C3)n2)cc1C. The van der Waals surface area contributed by atoms with Gasteiger partial charge in [-0.2, -0.15) is 30.7 Å². The van der Waals surface area contributed by atoms with Crippen LogP contribution in [0.25, 0.3) is 0 Å². The summed E-state index contributed by atoms with van der Waals surface area (Å²) in [5.41, 5.74) is 8.49. The van der Waals surface area contributed by atoms with E-state index in [2.05, 4.69) is 185 Å². The molecule has 0 bridgehead atoms. The average Bonchev–Trinajstić information content (AvgIpc) is 3.65. The van der Waals surface area contributed by atoms with Gasteiger partial charge in [-0.05, 0) is 159 Å². The first-order valence-electron chi connectivity index (χ1n) is 30.3. The van der Waals surface area contributed by atoms with E-state index in [9.17, 15) is 31.1 Å². The van der Waals surface area contributed by atoms with E-state index in [0.29, 0.717) is 58.5 Å². The molecule has 3 aromatic carbocycles. The molecule has 3 aliphatic carbocycles. The molecule has 9 N–H and O–H groups in total. The van der Waals surface area contributed by atoms with E-state index in [-0.39, 0.29) is 52.7 Å². The number of benzene rings is 3. The number of nitrogens with one attached hydrogen (secondary N) is 6. The summed E-state index contributed by atoms with van der Waals surface area (Å²) in [5.74, 6) is 3.20. The monoisotopic (exact) mass is 1190 g/mol. The molecule has 18 nitrogen and oxygen atoms in total. The number of nitrogens with zero attached hydrogens (tertiary/aromatic N) is 9. The number of hydrogen-bond donors (Lipinski definition) is 9. The van der Waals surface area contributed by atoms with Gasteiger partial charge in [-0.25, -0.2) is 15.0 Å². The topological polar surface area (TPSA) is 282 Å². The fourth-order valence-corrected chi connectivity index (χ4v) is 11.4. The van der Waals surface area contributed by atoms with Gasteiger partial charge in [0.05, 0.1) is 36.9 Å². The van der Waals surface area contributed by atoms with E-state index < -0.39 is 0 Å². The normalized spacial score (nSPS) is 20.8. The van der Waals surface area contributed by atoms with Crippen molar-refractivity contribution in [2.75, 3.05) is 51.5 Å². The predicted molar refractivity (Wildman–Crippen MR) is 343 cm³/mol. The zero-order valence-corrected chi connectivity index (χ0v) is 52.4. The van der Waals surface area contributed by atoms with Gasteiger partial charge in [0.2, 0.25) is 17.8 Å². The lowest BCUT2D eigenvalue weighted by Gasteiger charge is -2.40. The second kappa shape index (κ2) is 30.6. The number of nitriles is 3. The van der Waals surface area contributed by atoms with Crippen LogP contribution in [-0.4, -0.2) is 101 Å². The summed E-state index contributed by atoms with van der Waals surface area (Å²) in [6, 6.07) is 29.9. The Morgan fingerprint density at radius 1 is 0.477 bits per heavy atom. The lowest BCUT2D eigenvalue weighted by Crippen LogP contribution is -2.41. The third-order valence-corrected chi connectivity index (χ3v) is 17.4. The number of hydrogen-bond acceptors (Lipinski definition) is 18. The van der Waals surface area contributed by atoms with Crippen LogP contribution < -0.4 is 31.9 Å². The molecule has 0 amide bonds. The maximum absolute atomic E-state index is 10.2. The molecule has 3 saturated carbocycles. The van der Waals surface area contributed by atoms with Crippen LogP contribution in [0.3, 0.4) is 0 Å². The van der Waals surface area contributed by atoms with Gasteiger partial charge in [-0.1, -0.05) is 115 Å². The fourth-order valence-electron chi connectivity index (χ4n) is 11.3. The molecule has 6 aromatic rings. The van der Waals surface area contributed by atoms with Crippen LogP contribution in [0.1, 0.15) is 156 Å². The predicted octanol–water partition coefficient (Wildman–Crippen LogP) is 11.9. The van der Waals surface area contributed by atoms with Gasteiger partial charge >= 0.3 is 0 Å². The molecular formula is C67H88ClN15O3. The first-order chi connectivity index (χ1) is 41.1. The number of aliphatic hydroxyl groups is 3. The van der Waals surface area contributed by atoms with Gasteiger partial charge in [-0.15, -0.1) is 0 Å². The highest BCUT2D eigenvalue weighted by atomic mass is 35.5. The van der Waals surface area contributed by atoms with Gasteiger partial charge in [0.25, 0.3) is 0 Å². The standard InChI is InChI=1S/2C23H31N5O.C21H26ClN5O/c1-15-5-6-17(11-16(15)2)9-10-25-22-26-14-18(13-24)21(28-22)27-19-7-8-20(29)23(3,4)12-19;1-4-16-5-7-17(8-6-16)11-12-25-22-26-15-18(14-24)21(28-22)27-19-9-10-20(29)23(2,3)13-19;1-21(2)11-17(7-8-18(21)28)26-19-15(12-23)13-25-20(27-19)24-10-9-14-3-5-16(22)6-4-14/h5-6,11,14,19-20,29H,7-10,12H2,1-4H3,(H2,25,26,27,28);5-8,15,19-20,29H,4,9-13H2,1-3H3,(H2,25,26,27,28);3-6,13,17-18,28H,7-11H2,1-2H3,(H2,24,25,26,27)/t2*19-,20+;17-,18+/m111/s1. The maximum Gasteiger partial charge on any atom is 0.224 e. The van der Waals surface area contributed by atoms with E-state index in [4.69, 9.17) is 11.6 Å². The smallest absolute Gasteiger partial charge is 0.224 e. The molecule has 9 rings (SSSR count). The van der Waals surface area contributed by atoms with E-state index in [1.54, 1.807) is 18.6 Å². The number of aromatic nitrogens is 6. The van der Waals surface area contributed by atoms with Crippen molar-refractivity contribution >= 4 is 46.9 Å². The van der Waals surface area contributed by atoms with E-state index in [1.165, 1.54) is 33.4 Å². The molecule has 456 valence electrons. The Morgan fingerprint density at radius 3 is 1.13 bits per heavy atom. The Morgan fingerprint density at radius 2 is 0.802 bits per heavy atom. The summed E-state index contributed by atoms with van der Waals surface area (Å²) in [5, 5.41) is 79.4. The van der Waals surface area contributed by atoms with Crippen LogP contribution in [0.15, 0.2) is 85.3 Å². The van der Waals surface area contributed by atoms with Crippen LogP contribution in [0, 0.1) is 64.1 Å². The summed E-state index contributed by atoms with van der Waals surface area (Å²) >= 11 is 5.91. The first kappa shape index (κ1) is 65.9. The highest BCUT2D eigenvalue weighted by Crippen LogP contribution is 2.39. The lowest BCUT2D eigenvalue weighted by atomic mass is 9.73. The molecular weight excluding hydrogens is 1100 g/mol. The van der Waals surface area contributed by atoms with Crippen LogP contribution in [0.2, 0.25) is 5.02 Å². The van der Waals surface area contributed by atoms with Crippen molar-refractivity contribution in [1.82, 2.24) is 29.9 Å². The minimum Gasteiger partial charge on any atom is -0.393 e. The highest BCUT2D eigenvalue weighted by molar-refractivity contribution is 6.30. The minimum atomic E-state index is -0.295. The average molecular weight is 1190 g/mol. The molecule has 0 aliphatic heterocycles. The lowest BCUT2D eigenvalue weighted by molar-refractivity contribution is 0.00924.